The standard InChI is InChI=1S/C10H14O5/c1-9-5-4-6(15-9)10(13-2,14-3)7(9)8(11)12/h4-7H,1-3H3,(H,11,12)/t6-,7-,9+/m1/s1. The molecule has 0 aliphatic carbocycles. The zero-order valence-corrected chi connectivity index (χ0v) is 8.89. The van der Waals surface area contributed by atoms with Gasteiger partial charge < -0.3 is 19.3 Å². The molecular formula is C10H14O5. The molecule has 2 bridgehead atoms. The second kappa shape index (κ2) is 3.04. The molecule has 0 saturated carbocycles. The molecule has 5 nitrogen and oxygen atoms in total. The number of hydrogen-bond acceptors (Lipinski definition) is 4. The van der Waals surface area contributed by atoms with E-state index in [9.17, 15) is 9.90 Å². The van der Waals surface area contributed by atoms with Gasteiger partial charge >= 0.3 is 5.97 Å². The molecular weight excluding hydrogens is 200 g/mol. The third-order valence-electron chi connectivity index (χ3n) is 3.24. The fourth-order valence-electron chi connectivity index (χ4n) is 2.54. The van der Waals surface area contributed by atoms with Crippen LogP contribution in [0.1, 0.15) is 6.92 Å². The molecule has 2 aliphatic heterocycles. The summed E-state index contributed by atoms with van der Waals surface area (Å²) in [6.45, 7) is 1.72. The van der Waals surface area contributed by atoms with E-state index in [1.807, 2.05) is 0 Å². The van der Waals surface area contributed by atoms with E-state index in [1.54, 1.807) is 19.1 Å². The van der Waals surface area contributed by atoms with Crippen LogP contribution in [0.25, 0.3) is 0 Å². The van der Waals surface area contributed by atoms with Gasteiger partial charge in [0, 0.05) is 14.2 Å². The lowest BCUT2D eigenvalue weighted by molar-refractivity contribution is -0.243. The van der Waals surface area contributed by atoms with Crippen molar-refractivity contribution in [3.8, 4) is 0 Å². The lowest BCUT2D eigenvalue weighted by atomic mass is 9.79. The second-order valence-corrected chi connectivity index (χ2v) is 3.98. The third-order valence-corrected chi connectivity index (χ3v) is 3.24. The Hall–Kier alpha value is -0.910. The van der Waals surface area contributed by atoms with E-state index in [2.05, 4.69) is 0 Å². The molecule has 0 unspecified atom stereocenters. The molecule has 5 heteroatoms. The fourth-order valence-corrected chi connectivity index (χ4v) is 2.54. The number of aliphatic carboxylic acids is 1. The summed E-state index contributed by atoms with van der Waals surface area (Å²) in [6, 6.07) is 0. The Labute approximate surface area is 87.6 Å². The van der Waals surface area contributed by atoms with Gasteiger partial charge in [0.05, 0.1) is 0 Å². The van der Waals surface area contributed by atoms with Crippen molar-refractivity contribution in [3.63, 3.8) is 0 Å². The first-order chi connectivity index (χ1) is 7.00. The predicted molar refractivity (Wildman–Crippen MR) is 50.3 cm³/mol. The first-order valence-corrected chi connectivity index (χ1v) is 4.70. The summed E-state index contributed by atoms with van der Waals surface area (Å²) in [6.07, 6.45) is 3.08. The molecule has 1 fully saturated rings. The van der Waals surface area contributed by atoms with Gasteiger partial charge in [-0.1, -0.05) is 12.2 Å². The summed E-state index contributed by atoms with van der Waals surface area (Å²) in [5.74, 6) is -3.04. The van der Waals surface area contributed by atoms with Crippen LogP contribution in [0.3, 0.4) is 0 Å². The molecule has 1 saturated heterocycles. The molecule has 0 radical (unpaired) electrons. The number of ether oxygens (including phenoxy) is 3. The number of methoxy groups -OCH3 is 2. The molecule has 0 aromatic heterocycles. The van der Waals surface area contributed by atoms with E-state index < -0.39 is 29.4 Å². The lowest BCUT2D eigenvalue weighted by Crippen LogP contribution is -2.54. The minimum Gasteiger partial charge on any atom is -0.481 e. The molecule has 0 aromatic carbocycles. The van der Waals surface area contributed by atoms with Gasteiger partial charge in [-0.05, 0) is 6.92 Å². The highest BCUT2D eigenvalue weighted by Crippen LogP contribution is 2.51. The van der Waals surface area contributed by atoms with Gasteiger partial charge in [-0.25, -0.2) is 0 Å². The molecule has 0 spiro atoms. The quantitative estimate of drug-likeness (QED) is 0.544. The Kier molecular flexibility index (Phi) is 2.15. The molecule has 15 heavy (non-hydrogen) atoms. The van der Waals surface area contributed by atoms with Crippen molar-refractivity contribution in [1.82, 2.24) is 0 Å². The molecule has 0 amide bonds. The average molecular weight is 214 g/mol. The van der Waals surface area contributed by atoms with E-state index in [1.165, 1.54) is 14.2 Å². The molecule has 2 aliphatic rings. The number of hydrogen-bond donors (Lipinski definition) is 1. The maximum atomic E-state index is 11.3. The van der Waals surface area contributed by atoms with Gasteiger partial charge in [0.25, 0.3) is 0 Å². The SMILES string of the molecule is COC1(OC)[C@H]2C=C[C@](C)(O2)[C@H]1C(=O)O. The zero-order valence-electron chi connectivity index (χ0n) is 8.89. The summed E-state index contributed by atoms with van der Waals surface area (Å²) in [5.41, 5.74) is -0.845. The van der Waals surface area contributed by atoms with E-state index in [4.69, 9.17) is 14.2 Å². The van der Waals surface area contributed by atoms with Gasteiger partial charge in [0.15, 0.2) is 0 Å². The highest BCUT2D eigenvalue weighted by Gasteiger charge is 2.68. The van der Waals surface area contributed by atoms with E-state index in [0.717, 1.165) is 0 Å². The first-order valence-electron chi connectivity index (χ1n) is 4.70. The molecule has 1 N–H and O–H groups in total. The summed E-state index contributed by atoms with van der Waals surface area (Å²) in [4.78, 5) is 11.3. The monoisotopic (exact) mass is 214 g/mol. The van der Waals surface area contributed by atoms with Crippen LogP contribution in [0.2, 0.25) is 0 Å². The number of carboxylic acid groups (broad SMARTS) is 1. The van der Waals surface area contributed by atoms with Gasteiger partial charge in [-0.2, -0.15) is 0 Å². The Bertz CT molecular complexity index is 320. The van der Waals surface area contributed by atoms with Crippen molar-refractivity contribution < 1.29 is 24.1 Å². The van der Waals surface area contributed by atoms with Crippen LogP contribution in [-0.4, -0.2) is 42.8 Å². The first kappa shape index (κ1) is 10.6. The van der Waals surface area contributed by atoms with Gasteiger partial charge in [0.2, 0.25) is 5.79 Å². The summed E-state index contributed by atoms with van der Waals surface area (Å²) in [5, 5.41) is 9.22. The van der Waals surface area contributed by atoms with Crippen LogP contribution in [0.4, 0.5) is 0 Å². The van der Waals surface area contributed by atoms with Crippen LogP contribution in [0, 0.1) is 5.92 Å². The maximum Gasteiger partial charge on any atom is 0.315 e. The van der Waals surface area contributed by atoms with Crippen LogP contribution >= 0.6 is 0 Å². The minimum absolute atomic E-state index is 0.460. The largest absolute Gasteiger partial charge is 0.481 e. The van der Waals surface area contributed by atoms with Crippen molar-refractivity contribution in [1.29, 1.82) is 0 Å². The van der Waals surface area contributed by atoms with Crippen molar-refractivity contribution in [2.24, 2.45) is 5.92 Å². The Morgan fingerprint density at radius 3 is 2.47 bits per heavy atom. The topological polar surface area (TPSA) is 65.0 Å². The van der Waals surface area contributed by atoms with Crippen molar-refractivity contribution in [2.45, 2.75) is 24.4 Å². The van der Waals surface area contributed by atoms with Crippen LogP contribution in [0.5, 0.6) is 0 Å². The molecule has 0 aromatic rings. The third kappa shape index (κ3) is 1.11. The predicted octanol–water partition coefficient (Wildman–Crippen LogP) is 0.404. The van der Waals surface area contributed by atoms with E-state index >= 15 is 0 Å². The molecule has 2 rings (SSSR count). The second-order valence-electron chi connectivity index (χ2n) is 3.98. The van der Waals surface area contributed by atoms with Crippen molar-refractivity contribution in [2.75, 3.05) is 14.2 Å². The molecule has 3 atom stereocenters. The Balaban J connectivity index is 2.48. The van der Waals surface area contributed by atoms with Crippen LogP contribution in [0.15, 0.2) is 12.2 Å². The van der Waals surface area contributed by atoms with Crippen molar-refractivity contribution in [3.05, 3.63) is 12.2 Å². The fraction of sp³-hybridized carbons (Fsp3) is 0.700. The molecule has 84 valence electrons. The number of rotatable bonds is 3. The summed E-state index contributed by atoms with van der Waals surface area (Å²) in [7, 11) is 2.86. The number of fused-ring (bicyclic) bond motifs is 2. The van der Waals surface area contributed by atoms with E-state index in [0.29, 0.717) is 0 Å². The van der Waals surface area contributed by atoms with Gasteiger partial charge in [-0.15, -0.1) is 0 Å². The van der Waals surface area contributed by atoms with Gasteiger partial charge in [-0.3, -0.25) is 4.79 Å². The van der Waals surface area contributed by atoms with Gasteiger partial charge in [0.1, 0.15) is 17.6 Å². The summed E-state index contributed by atoms with van der Waals surface area (Å²) < 4.78 is 16.1. The minimum atomic E-state index is -1.21. The number of carboxylic acids is 1. The van der Waals surface area contributed by atoms with Crippen LogP contribution < -0.4 is 0 Å². The van der Waals surface area contributed by atoms with Crippen molar-refractivity contribution >= 4 is 5.97 Å². The average Bonchev–Trinajstić information content (AvgIpc) is 2.68. The Morgan fingerprint density at radius 2 is 2.07 bits per heavy atom. The van der Waals surface area contributed by atoms with Crippen LogP contribution in [-0.2, 0) is 19.0 Å². The van der Waals surface area contributed by atoms with E-state index in [-0.39, 0.29) is 0 Å². The molecule has 2 heterocycles. The smallest absolute Gasteiger partial charge is 0.315 e. The summed E-state index contributed by atoms with van der Waals surface area (Å²) >= 11 is 0. The maximum absolute atomic E-state index is 11.3. The highest BCUT2D eigenvalue weighted by atomic mass is 16.7. The zero-order chi connectivity index (χ0) is 11.3. The number of carbonyl (C=O) groups is 1. The Morgan fingerprint density at radius 1 is 1.47 bits per heavy atom. The lowest BCUT2D eigenvalue weighted by Gasteiger charge is -2.36. The highest BCUT2D eigenvalue weighted by molar-refractivity contribution is 5.75. The normalized spacial score (nSPS) is 41.0.